The van der Waals surface area contributed by atoms with Gasteiger partial charge in [0.25, 0.3) is 0 Å². The molecule has 0 N–H and O–H groups in total. The van der Waals surface area contributed by atoms with Crippen molar-refractivity contribution in [1.82, 2.24) is 0 Å². The van der Waals surface area contributed by atoms with E-state index in [0.717, 1.165) is 43.1 Å². The second kappa shape index (κ2) is 8.77. The number of morpholine rings is 1. The number of nitrogens with zero attached hydrogens (tertiary/aromatic N) is 1. The molecule has 142 valence electrons. The third kappa shape index (κ3) is 5.14. The Morgan fingerprint density at radius 2 is 1.85 bits per heavy atom. The Kier molecular flexibility index (Phi) is 6.19. The number of aryl methyl sites for hydroxylation is 1. The molecule has 2 aromatic rings. The zero-order valence-electron chi connectivity index (χ0n) is 15.0. The fourth-order valence-corrected chi connectivity index (χ4v) is 2.91. The number of benzene rings is 2. The molecule has 0 amide bonds. The van der Waals surface area contributed by atoms with Crippen molar-refractivity contribution < 1.29 is 23.0 Å². The van der Waals surface area contributed by atoms with Crippen molar-refractivity contribution >= 4 is 17.5 Å². The summed E-state index contributed by atoms with van der Waals surface area (Å²) in [5.41, 5.74) is 2.87. The van der Waals surface area contributed by atoms with Gasteiger partial charge < -0.3 is 14.4 Å². The third-order valence-electron chi connectivity index (χ3n) is 4.31. The molecule has 1 aliphatic heterocycles. The number of carbonyl (C=O) groups is 1. The molecule has 0 radical (unpaired) electrons. The molecular formula is C21H21F2NO3. The molecule has 0 unspecified atom stereocenters. The monoisotopic (exact) mass is 373 g/mol. The van der Waals surface area contributed by atoms with Crippen LogP contribution in [0.5, 0.6) is 5.75 Å². The summed E-state index contributed by atoms with van der Waals surface area (Å²) in [5.74, 6) is -0.500. The van der Waals surface area contributed by atoms with Crippen LogP contribution in [-0.2, 0) is 4.74 Å². The first-order chi connectivity index (χ1) is 13.0. The van der Waals surface area contributed by atoms with Crippen molar-refractivity contribution in [2.45, 2.75) is 13.5 Å². The van der Waals surface area contributed by atoms with E-state index in [1.807, 2.05) is 24.3 Å². The van der Waals surface area contributed by atoms with Crippen LogP contribution in [-0.4, -0.2) is 38.7 Å². The average Bonchev–Trinajstić information content (AvgIpc) is 2.68. The fraction of sp³-hybridized carbons (Fsp3) is 0.286. The van der Waals surface area contributed by atoms with Crippen LogP contribution in [0.2, 0.25) is 0 Å². The minimum absolute atomic E-state index is 0.118. The number of hydrogen-bond donors (Lipinski definition) is 0. The highest BCUT2D eigenvalue weighted by Crippen LogP contribution is 2.23. The number of anilines is 1. The van der Waals surface area contributed by atoms with Crippen LogP contribution in [0.4, 0.5) is 14.5 Å². The van der Waals surface area contributed by atoms with Crippen LogP contribution in [0.15, 0.2) is 48.5 Å². The van der Waals surface area contributed by atoms with E-state index in [-0.39, 0.29) is 17.1 Å². The molecule has 1 fully saturated rings. The summed E-state index contributed by atoms with van der Waals surface area (Å²) in [5, 5.41) is 0. The number of ketones is 1. The first kappa shape index (κ1) is 19.0. The van der Waals surface area contributed by atoms with Gasteiger partial charge in [-0.25, -0.2) is 0 Å². The van der Waals surface area contributed by atoms with Crippen molar-refractivity contribution in [3.63, 3.8) is 0 Å². The Balaban J connectivity index is 1.72. The molecule has 2 aromatic carbocycles. The third-order valence-corrected chi connectivity index (χ3v) is 4.31. The largest absolute Gasteiger partial charge is 0.434 e. The van der Waals surface area contributed by atoms with Gasteiger partial charge in [0.05, 0.1) is 18.8 Å². The standard InChI is InChI=1S/C21H21F2NO3/c1-15-2-9-20(27-21(22)23)18(14-15)19(25)8-5-16-3-6-17(7-4-16)24-10-12-26-13-11-24/h2-9,14,21H,10-13H2,1H3/b8-5+. The zero-order chi connectivity index (χ0) is 19.2. The van der Waals surface area contributed by atoms with Gasteiger partial charge in [0.15, 0.2) is 5.78 Å². The molecule has 6 heteroatoms. The van der Waals surface area contributed by atoms with Crippen molar-refractivity contribution in [2.75, 3.05) is 31.2 Å². The van der Waals surface area contributed by atoms with Crippen LogP contribution in [0.25, 0.3) is 6.08 Å². The molecule has 0 spiro atoms. The van der Waals surface area contributed by atoms with Gasteiger partial charge >= 0.3 is 6.61 Å². The Labute approximate surface area is 157 Å². The zero-order valence-corrected chi connectivity index (χ0v) is 15.0. The summed E-state index contributed by atoms with van der Waals surface area (Å²) in [4.78, 5) is 14.7. The fourth-order valence-electron chi connectivity index (χ4n) is 2.91. The van der Waals surface area contributed by atoms with Crippen LogP contribution in [0, 0.1) is 6.92 Å². The van der Waals surface area contributed by atoms with Crippen LogP contribution in [0.3, 0.4) is 0 Å². The van der Waals surface area contributed by atoms with Crippen molar-refractivity contribution in [2.24, 2.45) is 0 Å². The van der Waals surface area contributed by atoms with E-state index in [1.165, 1.54) is 12.1 Å². The number of rotatable bonds is 6. The normalized spacial score (nSPS) is 14.7. The smallest absolute Gasteiger partial charge is 0.387 e. The summed E-state index contributed by atoms with van der Waals surface area (Å²) >= 11 is 0. The molecule has 0 aromatic heterocycles. The molecule has 3 rings (SSSR count). The van der Waals surface area contributed by atoms with E-state index in [4.69, 9.17) is 4.74 Å². The maximum absolute atomic E-state index is 12.5. The van der Waals surface area contributed by atoms with Crippen LogP contribution < -0.4 is 9.64 Å². The van der Waals surface area contributed by atoms with Crippen molar-refractivity contribution in [1.29, 1.82) is 0 Å². The second-order valence-corrected chi connectivity index (χ2v) is 6.27. The topological polar surface area (TPSA) is 38.8 Å². The highest BCUT2D eigenvalue weighted by atomic mass is 19.3. The van der Waals surface area contributed by atoms with Gasteiger partial charge in [0.2, 0.25) is 0 Å². The van der Waals surface area contributed by atoms with E-state index < -0.39 is 6.61 Å². The molecule has 1 heterocycles. The van der Waals surface area contributed by atoms with Gasteiger partial charge in [-0.15, -0.1) is 0 Å². The number of halogens is 2. The minimum atomic E-state index is -2.98. The Hall–Kier alpha value is -2.73. The minimum Gasteiger partial charge on any atom is -0.434 e. The Morgan fingerprint density at radius 3 is 2.52 bits per heavy atom. The van der Waals surface area contributed by atoms with Crippen LogP contribution >= 0.6 is 0 Å². The number of allylic oxidation sites excluding steroid dienone is 1. The highest BCUT2D eigenvalue weighted by molar-refractivity contribution is 6.08. The first-order valence-electron chi connectivity index (χ1n) is 8.73. The van der Waals surface area contributed by atoms with E-state index in [2.05, 4.69) is 9.64 Å². The molecule has 4 nitrogen and oxygen atoms in total. The van der Waals surface area contributed by atoms with Gasteiger partial charge in [-0.3, -0.25) is 4.79 Å². The predicted molar refractivity (Wildman–Crippen MR) is 101 cm³/mol. The first-order valence-corrected chi connectivity index (χ1v) is 8.73. The molecule has 0 saturated carbocycles. The number of ether oxygens (including phenoxy) is 2. The lowest BCUT2D eigenvalue weighted by molar-refractivity contribution is -0.0501. The second-order valence-electron chi connectivity index (χ2n) is 6.27. The van der Waals surface area contributed by atoms with E-state index in [9.17, 15) is 13.6 Å². The van der Waals surface area contributed by atoms with E-state index in [0.29, 0.717) is 0 Å². The average molecular weight is 373 g/mol. The van der Waals surface area contributed by atoms with Gasteiger partial charge in [-0.2, -0.15) is 8.78 Å². The lowest BCUT2D eigenvalue weighted by atomic mass is 10.1. The van der Waals surface area contributed by atoms with Crippen molar-refractivity contribution in [3.05, 3.63) is 65.2 Å². The lowest BCUT2D eigenvalue weighted by Gasteiger charge is -2.28. The molecule has 1 aliphatic rings. The van der Waals surface area contributed by atoms with Gasteiger partial charge in [0, 0.05) is 18.8 Å². The molecular weight excluding hydrogens is 352 g/mol. The van der Waals surface area contributed by atoms with E-state index in [1.54, 1.807) is 25.1 Å². The predicted octanol–water partition coefficient (Wildman–Crippen LogP) is 4.33. The maximum Gasteiger partial charge on any atom is 0.387 e. The number of alkyl halides is 2. The Morgan fingerprint density at radius 1 is 1.15 bits per heavy atom. The maximum atomic E-state index is 12.5. The number of hydrogen-bond acceptors (Lipinski definition) is 4. The van der Waals surface area contributed by atoms with Crippen molar-refractivity contribution in [3.8, 4) is 5.75 Å². The summed E-state index contributed by atoms with van der Waals surface area (Å²) in [7, 11) is 0. The molecule has 27 heavy (non-hydrogen) atoms. The SMILES string of the molecule is Cc1ccc(OC(F)F)c(C(=O)/C=C/c2ccc(N3CCOCC3)cc2)c1. The lowest BCUT2D eigenvalue weighted by Crippen LogP contribution is -2.36. The molecule has 0 atom stereocenters. The quantitative estimate of drug-likeness (QED) is 0.558. The highest BCUT2D eigenvalue weighted by Gasteiger charge is 2.14. The Bertz CT molecular complexity index is 813. The van der Waals surface area contributed by atoms with Gasteiger partial charge in [-0.1, -0.05) is 29.8 Å². The summed E-state index contributed by atoms with van der Waals surface area (Å²) in [6, 6.07) is 12.4. The summed E-state index contributed by atoms with van der Waals surface area (Å²) in [6.45, 7) is 1.96. The molecule has 1 saturated heterocycles. The summed E-state index contributed by atoms with van der Waals surface area (Å²) < 4.78 is 34.9. The molecule has 0 aliphatic carbocycles. The molecule has 0 bridgehead atoms. The van der Waals surface area contributed by atoms with Crippen LogP contribution in [0.1, 0.15) is 21.5 Å². The summed E-state index contributed by atoms with van der Waals surface area (Å²) in [6.07, 6.45) is 3.04. The number of carbonyl (C=O) groups excluding carboxylic acids is 1. The van der Waals surface area contributed by atoms with Gasteiger partial charge in [-0.05, 0) is 42.8 Å². The van der Waals surface area contributed by atoms with Gasteiger partial charge in [0.1, 0.15) is 5.75 Å². The van der Waals surface area contributed by atoms with E-state index >= 15 is 0 Å².